The number of benzene rings is 1. The predicted octanol–water partition coefficient (Wildman–Crippen LogP) is 3.07. The number of aliphatic hydroxyl groups excluding tert-OH is 1. The van der Waals surface area contributed by atoms with Gasteiger partial charge < -0.3 is 20.1 Å². The van der Waals surface area contributed by atoms with Crippen molar-refractivity contribution < 1.29 is 9.84 Å². The van der Waals surface area contributed by atoms with Gasteiger partial charge in [0.25, 0.3) is 0 Å². The molecule has 0 aliphatic carbocycles. The molecule has 0 saturated carbocycles. The van der Waals surface area contributed by atoms with Crippen molar-refractivity contribution >= 4 is 5.96 Å². The fourth-order valence-electron chi connectivity index (χ4n) is 2.64. The van der Waals surface area contributed by atoms with E-state index in [1.807, 2.05) is 19.2 Å². The summed E-state index contributed by atoms with van der Waals surface area (Å²) in [4.78, 5) is 6.85. The summed E-state index contributed by atoms with van der Waals surface area (Å²) < 4.78 is 5.81. The van der Waals surface area contributed by atoms with Crippen LogP contribution in [0.5, 0.6) is 5.75 Å². The van der Waals surface area contributed by atoms with Crippen LogP contribution in [0.1, 0.15) is 38.7 Å². The lowest BCUT2D eigenvalue weighted by molar-refractivity contribution is 0.253. The summed E-state index contributed by atoms with van der Waals surface area (Å²) in [7, 11) is 2.03. The zero-order chi connectivity index (χ0) is 18.5. The number of rotatable bonds is 11. The highest BCUT2D eigenvalue weighted by molar-refractivity contribution is 5.79. The van der Waals surface area contributed by atoms with Crippen LogP contribution in [0, 0.1) is 12.8 Å². The van der Waals surface area contributed by atoms with E-state index in [1.54, 1.807) is 0 Å². The molecule has 1 aromatic rings. The molecule has 5 nitrogen and oxygen atoms in total. The Kier molecular flexibility index (Phi) is 10.7. The molecule has 0 saturated heterocycles. The number of nitrogens with zero attached hydrogens (tertiary/aromatic N) is 2. The summed E-state index contributed by atoms with van der Waals surface area (Å²) >= 11 is 0. The summed E-state index contributed by atoms with van der Waals surface area (Å²) in [5.74, 6) is 2.24. The Morgan fingerprint density at radius 1 is 1.24 bits per heavy atom. The molecule has 0 bridgehead atoms. The lowest BCUT2D eigenvalue weighted by atomic mass is 10.0. The maximum Gasteiger partial charge on any atom is 0.193 e. The number of aliphatic hydroxyl groups is 1. The summed E-state index contributed by atoms with van der Waals surface area (Å²) in [6, 6.07) is 8.11. The Balaban J connectivity index is 2.51. The lowest BCUT2D eigenvalue weighted by Crippen LogP contribution is -2.41. The molecule has 2 N–H and O–H groups in total. The van der Waals surface area contributed by atoms with E-state index in [9.17, 15) is 5.11 Å². The van der Waals surface area contributed by atoms with Crippen LogP contribution in [0.4, 0.5) is 0 Å². The number of ether oxygens (including phenoxy) is 1. The lowest BCUT2D eigenvalue weighted by Gasteiger charge is -2.23. The van der Waals surface area contributed by atoms with Crippen LogP contribution in [0.2, 0.25) is 0 Å². The molecule has 0 aromatic heterocycles. The van der Waals surface area contributed by atoms with Gasteiger partial charge in [-0.2, -0.15) is 0 Å². The molecule has 25 heavy (non-hydrogen) atoms. The molecule has 0 aliphatic heterocycles. The van der Waals surface area contributed by atoms with E-state index < -0.39 is 0 Å². The molecule has 0 amide bonds. The standard InChI is InChI=1S/C20H35N3O2/c1-5-7-18(12-14-24)16-22-20(21-6-2)23(4)13-15-25-19-10-8-17(3)9-11-19/h8-11,18,24H,5-7,12-16H2,1-4H3,(H,21,22). The fourth-order valence-corrected chi connectivity index (χ4v) is 2.64. The first-order valence-electron chi connectivity index (χ1n) is 9.40. The van der Waals surface area contributed by atoms with Gasteiger partial charge in [-0.3, -0.25) is 4.99 Å². The highest BCUT2D eigenvalue weighted by Gasteiger charge is 2.10. The van der Waals surface area contributed by atoms with Crippen molar-refractivity contribution in [3.8, 4) is 5.75 Å². The summed E-state index contributed by atoms with van der Waals surface area (Å²) in [6.07, 6.45) is 3.04. The molecule has 0 heterocycles. The van der Waals surface area contributed by atoms with Crippen molar-refractivity contribution in [2.24, 2.45) is 10.9 Å². The van der Waals surface area contributed by atoms with Gasteiger partial charge in [0.15, 0.2) is 5.96 Å². The molecule has 142 valence electrons. The van der Waals surface area contributed by atoms with Crippen LogP contribution in [0.3, 0.4) is 0 Å². The minimum atomic E-state index is 0.233. The van der Waals surface area contributed by atoms with Gasteiger partial charge in [-0.05, 0) is 44.7 Å². The van der Waals surface area contributed by atoms with Crippen LogP contribution >= 0.6 is 0 Å². The predicted molar refractivity (Wildman–Crippen MR) is 105 cm³/mol. The van der Waals surface area contributed by atoms with Gasteiger partial charge in [0.05, 0.1) is 6.54 Å². The first-order chi connectivity index (χ1) is 12.1. The van der Waals surface area contributed by atoms with E-state index in [0.717, 1.165) is 50.6 Å². The SMILES string of the molecule is CCCC(CCO)CN=C(NCC)N(C)CCOc1ccc(C)cc1. The quantitative estimate of drug-likeness (QED) is 0.476. The zero-order valence-corrected chi connectivity index (χ0v) is 16.3. The van der Waals surface area contributed by atoms with Crippen LogP contribution in [0.15, 0.2) is 29.3 Å². The summed E-state index contributed by atoms with van der Waals surface area (Å²) in [5.41, 5.74) is 1.23. The highest BCUT2D eigenvalue weighted by atomic mass is 16.5. The third-order valence-electron chi connectivity index (χ3n) is 4.15. The molecular weight excluding hydrogens is 314 g/mol. The van der Waals surface area contributed by atoms with Crippen LogP contribution in [0.25, 0.3) is 0 Å². The van der Waals surface area contributed by atoms with Gasteiger partial charge in [0.1, 0.15) is 12.4 Å². The van der Waals surface area contributed by atoms with Crippen molar-refractivity contribution in [2.75, 3.05) is 39.9 Å². The second-order valence-electron chi connectivity index (χ2n) is 6.44. The third-order valence-corrected chi connectivity index (χ3v) is 4.15. The number of hydrogen-bond donors (Lipinski definition) is 2. The summed E-state index contributed by atoms with van der Waals surface area (Å²) in [6.45, 7) is 9.50. The topological polar surface area (TPSA) is 57.1 Å². The third kappa shape index (κ3) is 8.77. The molecule has 1 aromatic carbocycles. The molecule has 1 rings (SSSR count). The Morgan fingerprint density at radius 3 is 2.56 bits per heavy atom. The normalized spacial score (nSPS) is 12.8. The molecule has 1 atom stereocenters. The second kappa shape index (κ2) is 12.6. The monoisotopic (exact) mass is 349 g/mol. The second-order valence-corrected chi connectivity index (χ2v) is 6.44. The zero-order valence-electron chi connectivity index (χ0n) is 16.3. The van der Waals surface area contributed by atoms with Gasteiger partial charge in [-0.1, -0.05) is 31.0 Å². The van der Waals surface area contributed by atoms with Gasteiger partial charge in [-0.15, -0.1) is 0 Å². The molecule has 5 heteroatoms. The van der Waals surface area contributed by atoms with E-state index >= 15 is 0 Å². The molecular formula is C20H35N3O2. The van der Waals surface area contributed by atoms with Crippen molar-refractivity contribution in [3.63, 3.8) is 0 Å². The maximum absolute atomic E-state index is 9.19. The van der Waals surface area contributed by atoms with Crippen molar-refractivity contribution in [2.45, 2.75) is 40.0 Å². The average Bonchev–Trinajstić information content (AvgIpc) is 2.60. The number of aryl methyl sites for hydroxylation is 1. The number of nitrogens with one attached hydrogen (secondary N) is 1. The number of likely N-dealkylation sites (N-methyl/N-ethyl adjacent to an activating group) is 1. The van der Waals surface area contributed by atoms with E-state index in [4.69, 9.17) is 9.73 Å². The van der Waals surface area contributed by atoms with E-state index in [2.05, 4.69) is 43.1 Å². The number of guanidine groups is 1. The van der Waals surface area contributed by atoms with Crippen molar-refractivity contribution in [3.05, 3.63) is 29.8 Å². The van der Waals surface area contributed by atoms with Gasteiger partial charge in [0.2, 0.25) is 0 Å². The van der Waals surface area contributed by atoms with E-state index in [-0.39, 0.29) is 6.61 Å². The largest absolute Gasteiger partial charge is 0.492 e. The highest BCUT2D eigenvalue weighted by Crippen LogP contribution is 2.12. The first kappa shape index (κ1) is 21.3. The fraction of sp³-hybridized carbons (Fsp3) is 0.650. The number of hydrogen-bond acceptors (Lipinski definition) is 3. The summed E-state index contributed by atoms with van der Waals surface area (Å²) in [5, 5.41) is 12.5. The Hall–Kier alpha value is -1.75. The van der Waals surface area contributed by atoms with E-state index in [0.29, 0.717) is 12.5 Å². The average molecular weight is 350 g/mol. The van der Waals surface area contributed by atoms with Crippen LogP contribution in [-0.2, 0) is 0 Å². The minimum Gasteiger partial charge on any atom is -0.492 e. The van der Waals surface area contributed by atoms with Gasteiger partial charge >= 0.3 is 0 Å². The van der Waals surface area contributed by atoms with Gasteiger partial charge in [0, 0.05) is 26.7 Å². The van der Waals surface area contributed by atoms with Gasteiger partial charge in [-0.25, -0.2) is 0 Å². The van der Waals surface area contributed by atoms with E-state index in [1.165, 1.54) is 5.56 Å². The van der Waals surface area contributed by atoms with Crippen molar-refractivity contribution in [1.82, 2.24) is 10.2 Å². The maximum atomic E-state index is 9.19. The molecule has 0 aliphatic rings. The van der Waals surface area contributed by atoms with Crippen molar-refractivity contribution in [1.29, 1.82) is 0 Å². The molecule has 0 spiro atoms. The minimum absolute atomic E-state index is 0.233. The Labute approximate surface area is 153 Å². The number of aliphatic imine (C=N–C) groups is 1. The van der Waals surface area contributed by atoms with Crippen LogP contribution in [-0.4, -0.2) is 55.9 Å². The smallest absolute Gasteiger partial charge is 0.193 e. The van der Waals surface area contributed by atoms with Crippen LogP contribution < -0.4 is 10.1 Å². The first-order valence-corrected chi connectivity index (χ1v) is 9.40. The Morgan fingerprint density at radius 2 is 1.96 bits per heavy atom. The molecule has 0 fully saturated rings. The molecule has 0 radical (unpaired) electrons. The molecule has 1 unspecified atom stereocenters. The Bertz CT molecular complexity index is 482.